The Balaban J connectivity index is 1.87. The number of rotatable bonds is 6. The van der Waals surface area contributed by atoms with Gasteiger partial charge >= 0.3 is 0 Å². The molecule has 0 bridgehead atoms. The highest BCUT2D eigenvalue weighted by atomic mass is 15.2. The molecule has 1 heterocycles. The van der Waals surface area contributed by atoms with Gasteiger partial charge in [0.1, 0.15) is 0 Å². The maximum absolute atomic E-state index is 6.56. The van der Waals surface area contributed by atoms with E-state index in [1.165, 1.54) is 22.4 Å². The molecule has 0 amide bonds. The first-order valence-corrected chi connectivity index (χ1v) is 9.87. The Kier molecular flexibility index (Phi) is 6.36. The maximum atomic E-state index is 6.56. The molecular weight excluding hydrogens is 330 g/mol. The molecule has 3 nitrogen and oxygen atoms in total. The zero-order valence-electron chi connectivity index (χ0n) is 16.5. The summed E-state index contributed by atoms with van der Waals surface area (Å²) in [4.78, 5) is 2.34. The second-order valence-corrected chi connectivity index (χ2v) is 7.34. The third-order valence-electron chi connectivity index (χ3n) is 5.23. The number of benzene rings is 2. The zero-order valence-corrected chi connectivity index (χ0v) is 16.5. The summed E-state index contributed by atoms with van der Waals surface area (Å²) in [5.41, 5.74) is 12.7. The summed E-state index contributed by atoms with van der Waals surface area (Å²) in [7, 11) is 0. The van der Waals surface area contributed by atoms with Crippen LogP contribution in [0.5, 0.6) is 0 Å². The lowest BCUT2D eigenvalue weighted by Gasteiger charge is -2.43. The summed E-state index contributed by atoms with van der Waals surface area (Å²) in [6.07, 6.45) is 5.04. The van der Waals surface area contributed by atoms with Crippen molar-refractivity contribution >= 4 is 0 Å². The fraction of sp³-hybridized carbons (Fsp3) is 0.333. The largest absolute Gasteiger partial charge is 0.390 e. The molecule has 0 aliphatic carbocycles. The van der Waals surface area contributed by atoms with E-state index in [4.69, 9.17) is 5.73 Å². The summed E-state index contributed by atoms with van der Waals surface area (Å²) in [5, 5.41) is 3.35. The molecule has 2 aromatic rings. The Morgan fingerprint density at radius 2 is 1.93 bits per heavy atom. The van der Waals surface area contributed by atoms with Gasteiger partial charge in [-0.15, -0.1) is 0 Å². The lowest BCUT2D eigenvalue weighted by molar-refractivity contribution is 0.216. The van der Waals surface area contributed by atoms with Crippen LogP contribution in [0, 0.1) is 0 Å². The Morgan fingerprint density at radius 1 is 1.19 bits per heavy atom. The first-order valence-electron chi connectivity index (χ1n) is 9.87. The van der Waals surface area contributed by atoms with Gasteiger partial charge in [-0.25, -0.2) is 0 Å². The first kappa shape index (κ1) is 19.2. The van der Waals surface area contributed by atoms with Crippen molar-refractivity contribution in [1.29, 1.82) is 0 Å². The fourth-order valence-electron chi connectivity index (χ4n) is 3.91. The van der Waals surface area contributed by atoms with E-state index < -0.39 is 0 Å². The van der Waals surface area contributed by atoms with E-state index in [1.54, 1.807) is 0 Å². The summed E-state index contributed by atoms with van der Waals surface area (Å²) in [6, 6.07) is 19.7. The quantitative estimate of drug-likeness (QED) is 0.785. The van der Waals surface area contributed by atoms with Crippen LogP contribution >= 0.6 is 0 Å². The van der Waals surface area contributed by atoms with E-state index in [-0.39, 0.29) is 12.1 Å². The van der Waals surface area contributed by atoms with E-state index in [0.29, 0.717) is 0 Å². The van der Waals surface area contributed by atoms with Gasteiger partial charge in [-0.3, -0.25) is 0 Å². The molecule has 0 spiro atoms. The predicted octanol–water partition coefficient (Wildman–Crippen LogP) is 4.67. The van der Waals surface area contributed by atoms with E-state index in [0.717, 1.165) is 31.5 Å². The molecule has 142 valence electrons. The minimum absolute atomic E-state index is 0.140. The molecule has 2 aromatic carbocycles. The van der Waals surface area contributed by atoms with Gasteiger partial charge in [0, 0.05) is 30.2 Å². The molecule has 1 saturated heterocycles. The minimum atomic E-state index is 0.140. The molecule has 1 fully saturated rings. The van der Waals surface area contributed by atoms with Crippen molar-refractivity contribution in [2.45, 2.75) is 45.2 Å². The summed E-state index contributed by atoms with van der Waals surface area (Å²) >= 11 is 0. The maximum Gasteiger partial charge on any atom is 0.0527 e. The number of hydrogen-bond donors (Lipinski definition) is 2. The van der Waals surface area contributed by atoms with Crippen LogP contribution in [0.4, 0.5) is 0 Å². The van der Waals surface area contributed by atoms with Crippen molar-refractivity contribution in [2.24, 2.45) is 5.73 Å². The predicted molar refractivity (Wildman–Crippen MR) is 115 cm³/mol. The molecule has 0 radical (unpaired) electrons. The van der Waals surface area contributed by atoms with Crippen molar-refractivity contribution in [1.82, 2.24) is 10.2 Å². The van der Waals surface area contributed by atoms with Gasteiger partial charge in [-0.05, 0) is 49.8 Å². The van der Waals surface area contributed by atoms with Gasteiger partial charge in [0.2, 0.25) is 0 Å². The number of nitrogens with one attached hydrogen (secondary N) is 1. The van der Waals surface area contributed by atoms with Crippen molar-refractivity contribution < 1.29 is 0 Å². The second-order valence-electron chi connectivity index (χ2n) is 7.34. The number of allylic oxidation sites excluding steroid dienone is 2. The molecule has 3 heteroatoms. The van der Waals surface area contributed by atoms with Crippen molar-refractivity contribution in [3.63, 3.8) is 0 Å². The smallest absolute Gasteiger partial charge is 0.0527 e. The minimum Gasteiger partial charge on any atom is -0.390 e. The van der Waals surface area contributed by atoms with E-state index in [2.05, 4.69) is 91.4 Å². The van der Waals surface area contributed by atoms with Gasteiger partial charge < -0.3 is 16.0 Å². The lowest BCUT2D eigenvalue weighted by atomic mass is 9.88. The third kappa shape index (κ3) is 4.61. The van der Waals surface area contributed by atoms with E-state index in [1.807, 2.05) is 0 Å². The van der Waals surface area contributed by atoms with Crippen molar-refractivity contribution in [2.75, 3.05) is 6.54 Å². The Morgan fingerprint density at radius 3 is 2.63 bits per heavy atom. The standard InChI is InChI=1S/C24H31N3/c1-4-26-17-22-13-14-23(25)24(27(22)18(2)3)16-19-9-8-12-21(15-19)20-10-6-5-7-11-20/h5-12,15,17,23-24,26H,2,4,13-14,16,25H2,1,3H3/b22-17-. The van der Waals surface area contributed by atoms with Crippen LogP contribution in [0.1, 0.15) is 32.3 Å². The van der Waals surface area contributed by atoms with Crippen molar-refractivity contribution in [3.05, 3.63) is 84.3 Å². The Hall–Kier alpha value is -2.52. The average Bonchev–Trinajstić information content (AvgIpc) is 2.69. The van der Waals surface area contributed by atoms with Gasteiger partial charge in [-0.1, -0.05) is 61.2 Å². The normalized spacial score (nSPS) is 21.3. The van der Waals surface area contributed by atoms with Crippen LogP contribution in [0.2, 0.25) is 0 Å². The van der Waals surface area contributed by atoms with Crippen LogP contribution in [0.15, 0.2) is 78.8 Å². The monoisotopic (exact) mass is 361 g/mol. The van der Waals surface area contributed by atoms with Crippen LogP contribution in [0.25, 0.3) is 11.1 Å². The van der Waals surface area contributed by atoms with Gasteiger partial charge in [-0.2, -0.15) is 0 Å². The topological polar surface area (TPSA) is 41.3 Å². The summed E-state index contributed by atoms with van der Waals surface area (Å²) in [5.74, 6) is 0. The fourth-order valence-corrected chi connectivity index (χ4v) is 3.91. The molecule has 2 unspecified atom stereocenters. The Labute approximate surface area is 163 Å². The van der Waals surface area contributed by atoms with Crippen molar-refractivity contribution in [3.8, 4) is 11.1 Å². The molecule has 1 aliphatic heterocycles. The number of nitrogens with two attached hydrogens (primary N) is 1. The van der Waals surface area contributed by atoms with Crippen LogP contribution in [0.3, 0.4) is 0 Å². The zero-order chi connectivity index (χ0) is 19.2. The SMILES string of the molecule is C=C(C)N1/C(=C\NCC)CCC(N)C1Cc1cccc(-c2ccccc2)c1. The summed E-state index contributed by atoms with van der Waals surface area (Å²) < 4.78 is 0. The van der Waals surface area contributed by atoms with E-state index >= 15 is 0 Å². The molecule has 0 aromatic heterocycles. The average molecular weight is 362 g/mol. The second kappa shape index (κ2) is 8.92. The molecule has 2 atom stereocenters. The molecule has 3 N–H and O–H groups in total. The van der Waals surface area contributed by atoms with Crippen LogP contribution in [-0.2, 0) is 6.42 Å². The first-order chi connectivity index (χ1) is 13.1. The molecular formula is C24H31N3. The molecule has 1 aliphatic rings. The lowest BCUT2D eigenvalue weighted by Crippen LogP contribution is -2.51. The number of nitrogens with zero attached hydrogens (tertiary/aromatic N) is 1. The number of hydrogen-bond acceptors (Lipinski definition) is 3. The van der Waals surface area contributed by atoms with E-state index in [9.17, 15) is 0 Å². The molecule has 0 saturated carbocycles. The highest BCUT2D eigenvalue weighted by Gasteiger charge is 2.32. The number of piperidine rings is 1. The van der Waals surface area contributed by atoms with Crippen LogP contribution in [-0.4, -0.2) is 23.5 Å². The highest BCUT2D eigenvalue weighted by molar-refractivity contribution is 5.64. The number of likely N-dealkylation sites (tertiary alicyclic amines) is 1. The highest BCUT2D eigenvalue weighted by Crippen LogP contribution is 2.31. The van der Waals surface area contributed by atoms with Gasteiger partial charge in [0.15, 0.2) is 0 Å². The Bertz CT molecular complexity index is 794. The summed E-state index contributed by atoms with van der Waals surface area (Å²) in [6.45, 7) is 9.34. The van der Waals surface area contributed by atoms with Crippen LogP contribution < -0.4 is 11.1 Å². The molecule has 3 rings (SSSR count). The molecule has 27 heavy (non-hydrogen) atoms. The third-order valence-corrected chi connectivity index (χ3v) is 5.23. The van der Waals surface area contributed by atoms with Gasteiger partial charge in [0.05, 0.1) is 6.04 Å². The van der Waals surface area contributed by atoms with Gasteiger partial charge in [0.25, 0.3) is 0 Å².